The van der Waals surface area contributed by atoms with Crippen molar-refractivity contribution in [2.24, 2.45) is 0 Å². The molecule has 12 heavy (non-hydrogen) atoms. The summed E-state index contributed by atoms with van der Waals surface area (Å²) >= 11 is 0. The lowest BCUT2D eigenvalue weighted by Crippen LogP contribution is -2.12. The molecule has 2 heteroatoms. The van der Waals surface area contributed by atoms with E-state index >= 15 is 0 Å². The summed E-state index contributed by atoms with van der Waals surface area (Å²) in [4.78, 5) is 4.24. The molecule has 0 aromatic carbocycles. The average Bonchev–Trinajstić information content (AvgIpc) is 2.74. The predicted molar refractivity (Wildman–Crippen MR) is 46.9 cm³/mol. The third kappa shape index (κ3) is 1.48. The van der Waals surface area contributed by atoms with Crippen molar-refractivity contribution in [3.05, 3.63) is 29.6 Å². The van der Waals surface area contributed by atoms with Gasteiger partial charge in [-0.1, -0.05) is 6.07 Å². The maximum Gasteiger partial charge on any atom is 0.0705 e. The van der Waals surface area contributed by atoms with Gasteiger partial charge in [-0.15, -0.1) is 0 Å². The standard InChI is InChI=1S/C10H13NO/c1-8-3-2-6-11-9(8)7-10(12)4-5-10/h2-3,6,12H,4-5,7H2,1H3. The fourth-order valence-electron chi connectivity index (χ4n) is 1.34. The van der Waals surface area contributed by atoms with Gasteiger partial charge in [0.15, 0.2) is 0 Å². The molecule has 1 fully saturated rings. The van der Waals surface area contributed by atoms with Crippen LogP contribution in [0.15, 0.2) is 18.3 Å². The van der Waals surface area contributed by atoms with E-state index in [2.05, 4.69) is 4.98 Å². The molecule has 2 rings (SSSR count). The van der Waals surface area contributed by atoms with E-state index in [1.807, 2.05) is 19.1 Å². The predicted octanol–water partition coefficient (Wildman–Crippen LogP) is 1.46. The Bertz CT molecular complexity index is 292. The maximum absolute atomic E-state index is 9.67. The number of aromatic nitrogens is 1. The van der Waals surface area contributed by atoms with Gasteiger partial charge >= 0.3 is 0 Å². The SMILES string of the molecule is Cc1cccnc1CC1(O)CC1. The van der Waals surface area contributed by atoms with Gasteiger partial charge < -0.3 is 5.11 Å². The van der Waals surface area contributed by atoms with E-state index in [0.29, 0.717) is 0 Å². The van der Waals surface area contributed by atoms with E-state index in [-0.39, 0.29) is 0 Å². The van der Waals surface area contributed by atoms with Gasteiger partial charge in [-0.2, -0.15) is 0 Å². The third-order valence-corrected chi connectivity index (χ3v) is 2.44. The van der Waals surface area contributed by atoms with Gasteiger partial charge in [-0.25, -0.2) is 0 Å². The van der Waals surface area contributed by atoms with Crippen LogP contribution >= 0.6 is 0 Å². The van der Waals surface area contributed by atoms with Crippen LogP contribution < -0.4 is 0 Å². The molecule has 1 saturated carbocycles. The monoisotopic (exact) mass is 163 g/mol. The summed E-state index contributed by atoms with van der Waals surface area (Å²) in [7, 11) is 0. The molecule has 0 saturated heterocycles. The number of aliphatic hydroxyl groups is 1. The van der Waals surface area contributed by atoms with Gasteiger partial charge in [0, 0.05) is 18.3 Å². The van der Waals surface area contributed by atoms with Crippen LogP contribution in [-0.2, 0) is 6.42 Å². The van der Waals surface area contributed by atoms with E-state index in [1.165, 1.54) is 5.56 Å². The van der Waals surface area contributed by atoms with Crippen LogP contribution in [0.5, 0.6) is 0 Å². The Balaban J connectivity index is 2.17. The minimum atomic E-state index is -0.418. The quantitative estimate of drug-likeness (QED) is 0.716. The summed E-state index contributed by atoms with van der Waals surface area (Å²) in [5, 5.41) is 9.67. The highest BCUT2D eigenvalue weighted by atomic mass is 16.3. The van der Waals surface area contributed by atoms with Crippen molar-refractivity contribution in [2.45, 2.75) is 31.8 Å². The highest BCUT2D eigenvalue weighted by molar-refractivity contribution is 5.21. The second kappa shape index (κ2) is 2.56. The van der Waals surface area contributed by atoms with Gasteiger partial charge in [0.2, 0.25) is 0 Å². The van der Waals surface area contributed by atoms with Crippen molar-refractivity contribution in [1.82, 2.24) is 4.98 Å². The highest BCUT2D eigenvalue weighted by Gasteiger charge is 2.40. The molecular formula is C10H13NO. The van der Waals surface area contributed by atoms with E-state index in [4.69, 9.17) is 0 Å². The fraction of sp³-hybridized carbons (Fsp3) is 0.500. The van der Waals surface area contributed by atoms with Crippen LogP contribution in [0, 0.1) is 6.92 Å². The molecule has 1 N–H and O–H groups in total. The number of aryl methyl sites for hydroxylation is 1. The number of pyridine rings is 1. The molecule has 1 heterocycles. The van der Waals surface area contributed by atoms with Crippen molar-refractivity contribution in [1.29, 1.82) is 0 Å². The molecule has 1 aromatic heterocycles. The van der Waals surface area contributed by atoms with E-state index in [9.17, 15) is 5.11 Å². The van der Waals surface area contributed by atoms with Crippen LogP contribution in [0.4, 0.5) is 0 Å². The lowest BCUT2D eigenvalue weighted by molar-refractivity contribution is 0.149. The number of hydrogen-bond acceptors (Lipinski definition) is 2. The van der Waals surface area contributed by atoms with E-state index < -0.39 is 5.60 Å². The van der Waals surface area contributed by atoms with Gasteiger partial charge in [-0.05, 0) is 31.4 Å². The van der Waals surface area contributed by atoms with E-state index in [1.54, 1.807) is 6.20 Å². The molecule has 2 nitrogen and oxygen atoms in total. The smallest absolute Gasteiger partial charge is 0.0705 e. The van der Waals surface area contributed by atoms with Crippen molar-refractivity contribution in [2.75, 3.05) is 0 Å². The molecule has 0 radical (unpaired) electrons. The zero-order valence-electron chi connectivity index (χ0n) is 7.25. The Kier molecular flexibility index (Phi) is 1.65. The van der Waals surface area contributed by atoms with Crippen LogP contribution in [0.25, 0.3) is 0 Å². The minimum Gasteiger partial charge on any atom is -0.389 e. The summed E-state index contributed by atoms with van der Waals surface area (Å²) < 4.78 is 0. The van der Waals surface area contributed by atoms with Gasteiger partial charge in [-0.3, -0.25) is 4.98 Å². The largest absolute Gasteiger partial charge is 0.389 e. The van der Waals surface area contributed by atoms with Crippen LogP contribution in [-0.4, -0.2) is 15.7 Å². The maximum atomic E-state index is 9.67. The van der Waals surface area contributed by atoms with Gasteiger partial charge in [0.1, 0.15) is 0 Å². The first-order chi connectivity index (χ1) is 5.70. The first-order valence-corrected chi connectivity index (χ1v) is 4.32. The summed E-state index contributed by atoms with van der Waals surface area (Å²) in [6.07, 6.45) is 4.37. The van der Waals surface area contributed by atoms with Gasteiger partial charge in [0.05, 0.1) is 5.60 Å². The molecule has 0 amide bonds. The second-order valence-electron chi connectivity index (χ2n) is 3.67. The number of hydrogen-bond donors (Lipinski definition) is 1. The first kappa shape index (κ1) is 7.74. The number of nitrogens with zero attached hydrogens (tertiary/aromatic N) is 1. The molecule has 1 aliphatic carbocycles. The molecule has 0 atom stereocenters. The Labute approximate surface area is 72.3 Å². The molecule has 64 valence electrons. The third-order valence-electron chi connectivity index (χ3n) is 2.44. The van der Waals surface area contributed by atoms with Crippen molar-refractivity contribution in [3.63, 3.8) is 0 Å². The Morgan fingerprint density at radius 2 is 2.33 bits per heavy atom. The Morgan fingerprint density at radius 3 is 2.92 bits per heavy atom. The van der Waals surface area contributed by atoms with E-state index in [0.717, 1.165) is 25.0 Å². The molecule has 1 aliphatic rings. The Hall–Kier alpha value is -0.890. The second-order valence-corrected chi connectivity index (χ2v) is 3.67. The summed E-state index contributed by atoms with van der Waals surface area (Å²) in [6, 6.07) is 3.96. The zero-order chi connectivity index (χ0) is 8.60. The van der Waals surface area contributed by atoms with Crippen LogP contribution in [0.1, 0.15) is 24.1 Å². The molecule has 1 aromatic rings. The van der Waals surface area contributed by atoms with Crippen molar-refractivity contribution >= 4 is 0 Å². The summed E-state index contributed by atoms with van der Waals surface area (Å²) in [5.41, 5.74) is 1.80. The average molecular weight is 163 g/mol. The van der Waals surface area contributed by atoms with Gasteiger partial charge in [0.25, 0.3) is 0 Å². The highest BCUT2D eigenvalue weighted by Crippen LogP contribution is 2.38. The molecule has 0 aliphatic heterocycles. The van der Waals surface area contributed by atoms with Crippen LogP contribution in [0.2, 0.25) is 0 Å². The molecule has 0 bridgehead atoms. The molecular weight excluding hydrogens is 150 g/mol. The fourth-order valence-corrected chi connectivity index (χ4v) is 1.34. The first-order valence-electron chi connectivity index (χ1n) is 4.32. The lowest BCUT2D eigenvalue weighted by atomic mass is 10.1. The Morgan fingerprint density at radius 1 is 1.58 bits per heavy atom. The normalized spacial score (nSPS) is 19.2. The summed E-state index contributed by atoms with van der Waals surface area (Å²) in [6.45, 7) is 2.04. The molecule has 0 unspecified atom stereocenters. The minimum absolute atomic E-state index is 0.418. The van der Waals surface area contributed by atoms with Crippen LogP contribution in [0.3, 0.4) is 0 Å². The number of rotatable bonds is 2. The van der Waals surface area contributed by atoms with Crippen molar-refractivity contribution in [3.8, 4) is 0 Å². The zero-order valence-corrected chi connectivity index (χ0v) is 7.25. The van der Waals surface area contributed by atoms with Crippen molar-refractivity contribution < 1.29 is 5.11 Å². The lowest BCUT2D eigenvalue weighted by Gasteiger charge is -2.08. The molecule has 0 spiro atoms. The summed E-state index contributed by atoms with van der Waals surface area (Å²) in [5.74, 6) is 0. The topological polar surface area (TPSA) is 33.1 Å².